The summed E-state index contributed by atoms with van der Waals surface area (Å²) in [6.45, 7) is 0. The molecule has 1 N–H and O–H groups in total. The molecule has 0 spiro atoms. The lowest BCUT2D eigenvalue weighted by molar-refractivity contribution is 0.0955. The number of carbonyl (C=O) groups excluding carboxylic acids is 1. The minimum absolute atomic E-state index is 0.285. The van der Waals surface area contributed by atoms with Gasteiger partial charge in [-0.3, -0.25) is 4.79 Å². The third-order valence-corrected chi connectivity index (χ3v) is 3.81. The molecule has 0 heterocycles. The number of hydrogen-bond acceptors (Lipinski definition) is 3. The molecule has 0 saturated heterocycles. The van der Waals surface area contributed by atoms with Gasteiger partial charge >= 0.3 is 0 Å². The molecule has 0 atom stereocenters. The number of methoxy groups -OCH3 is 1. The van der Waals surface area contributed by atoms with E-state index in [-0.39, 0.29) is 5.91 Å². The predicted molar refractivity (Wildman–Crippen MR) is 89.9 cm³/mol. The molecule has 0 bridgehead atoms. The Bertz CT molecular complexity index is 670. The van der Waals surface area contributed by atoms with E-state index in [0.717, 1.165) is 14.5 Å². The second-order valence-electron chi connectivity index (χ2n) is 4.10. The van der Waals surface area contributed by atoms with Gasteiger partial charge < -0.3 is 4.74 Å². The van der Waals surface area contributed by atoms with Crippen LogP contribution in [-0.2, 0) is 0 Å². The molecule has 21 heavy (non-hydrogen) atoms. The number of benzene rings is 2. The van der Waals surface area contributed by atoms with E-state index < -0.39 is 0 Å². The molecule has 0 radical (unpaired) electrons. The zero-order valence-corrected chi connectivity index (χ0v) is 14.3. The Hall–Kier alpha value is -1.66. The lowest BCUT2D eigenvalue weighted by Gasteiger charge is -2.05. The van der Waals surface area contributed by atoms with Crippen LogP contribution in [0.4, 0.5) is 0 Å². The summed E-state index contributed by atoms with van der Waals surface area (Å²) in [6, 6.07) is 12.7. The van der Waals surface area contributed by atoms with Crippen molar-refractivity contribution in [2.45, 2.75) is 0 Å². The highest BCUT2D eigenvalue weighted by Crippen LogP contribution is 2.25. The van der Waals surface area contributed by atoms with E-state index in [4.69, 9.17) is 4.74 Å². The molecule has 0 fully saturated rings. The van der Waals surface area contributed by atoms with Crippen molar-refractivity contribution in [1.29, 1.82) is 0 Å². The van der Waals surface area contributed by atoms with Gasteiger partial charge in [0.1, 0.15) is 5.75 Å². The molecule has 4 nitrogen and oxygen atoms in total. The molecule has 0 aliphatic carbocycles. The first kappa shape index (κ1) is 15.7. The number of hydrogen-bond donors (Lipinski definition) is 1. The second-order valence-corrected chi connectivity index (χ2v) is 5.87. The van der Waals surface area contributed by atoms with Crippen LogP contribution in [0, 0.1) is 0 Å². The summed E-state index contributed by atoms with van der Waals surface area (Å²) in [5.41, 5.74) is 3.88. The maximum atomic E-state index is 11.9. The van der Waals surface area contributed by atoms with Gasteiger partial charge in [-0.2, -0.15) is 5.10 Å². The second kappa shape index (κ2) is 7.38. The monoisotopic (exact) mass is 410 g/mol. The van der Waals surface area contributed by atoms with Crippen LogP contribution >= 0.6 is 31.9 Å². The largest absolute Gasteiger partial charge is 0.496 e. The maximum absolute atomic E-state index is 11.9. The third-order valence-electron chi connectivity index (χ3n) is 2.66. The van der Waals surface area contributed by atoms with Crippen LogP contribution in [0.2, 0.25) is 0 Å². The molecule has 0 aromatic heterocycles. The Kier molecular flexibility index (Phi) is 5.52. The average molecular weight is 412 g/mol. The first-order valence-electron chi connectivity index (χ1n) is 6.02. The van der Waals surface area contributed by atoms with Crippen LogP contribution in [0.3, 0.4) is 0 Å². The van der Waals surface area contributed by atoms with Crippen molar-refractivity contribution in [2.75, 3.05) is 7.11 Å². The number of ether oxygens (including phenoxy) is 1. The zero-order valence-electron chi connectivity index (χ0n) is 11.1. The summed E-state index contributed by atoms with van der Waals surface area (Å²) in [4.78, 5) is 11.9. The molecule has 6 heteroatoms. The smallest absolute Gasteiger partial charge is 0.271 e. The van der Waals surface area contributed by atoms with Crippen molar-refractivity contribution < 1.29 is 9.53 Å². The molecule has 0 aliphatic heterocycles. The molecular weight excluding hydrogens is 400 g/mol. The fraction of sp³-hybridized carbons (Fsp3) is 0.0667. The van der Waals surface area contributed by atoms with Gasteiger partial charge in [0.25, 0.3) is 5.91 Å². The minimum Gasteiger partial charge on any atom is -0.496 e. The van der Waals surface area contributed by atoms with Crippen molar-refractivity contribution in [3.63, 3.8) is 0 Å². The molecule has 2 aromatic carbocycles. The van der Waals surface area contributed by atoms with Gasteiger partial charge in [-0.1, -0.05) is 28.1 Å². The van der Waals surface area contributed by atoms with Gasteiger partial charge in [0.15, 0.2) is 0 Å². The number of amides is 1. The lowest BCUT2D eigenvalue weighted by atomic mass is 10.2. The fourth-order valence-electron chi connectivity index (χ4n) is 1.59. The summed E-state index contributed by atoms with van der Waals surface area (Å²) in [7, 11) is 1.57. The summed E-state index contributed by atoms with van der Waals surface area (Å²) in [5, 5.41) is 3.93. The number of halogens is 2. The first-order chi connectivity index (χ1) is 10.1. The Morgan fingerprint density at radius 1 is 1.19 bits per heavy atom. The van der Waals surface area contributed by atoms with Crippen LogP contribution in [-0.4, -0.2) is 19.2 Å². The van der Waals surface area contributed by atoms with Gasteiger partial charge in [0, 0.05) is 10.0 Å². The number of nitrogens with one attached hydrogen (secondary N) is 1. The van der Waals surface area contributed by atoms with E-state index in [0.29, 0.717) is 11.3 Å². The molecule has 1 amide bonds. The van der Waals surface area contributed by atoms with Crippen molar-refractivity contribution in [3.8, 4) is 5.75 Å². The highest BCUT2D eigenvalue weighted by molar-refractivity contribution is 9.10. The van der Waals surface area contributed by atoms with Crippen molar-refractivity contribution in [3.05, 3.63) is 62.5 Å². The summed E-state index contributed by atoms with van der Waals surface area (Å²) < 4.78 is 6.83. The van der Waals surface area contributed by atoms with E-state index in [1.54, 1.807) is 31.5 Å². The van der Waals surface area contributed by atoms with E-state index in [9.17, 15) is 4.79 Å². The SMILES string of the molecule is COc1ccc(C(=O)NN=Cc2ccc(Br)cc2)cc1Br. The topological polar surface area (TPSA) is 50.7 Å². The van der Waals surface area contributed by atoms with E-state index in [1.165, 1.54) is 0 Å². The molecule has 0 saturated carbocycles. The van der Waals surface area contributed by atoms with Crippen molar-refractivity contribution in [2.24, 2.45) is 5.10 Å². The van der Waals surface area contributed by atoms with Crippen LogP contribution < -0.4 is 10.2 Å². The number of nitrogens with zero attached hydrogens (tertiary/aromatic N) is 1. The van der Waals surface area contributed by atoms with Gasteiger partial charge in [-0.05, 0) is 51.8 Å². The molecule has 2 aromatic rings. The molecule has 2 rings (SSSR count). The van der Waals surface area contributed by atoms with Crippen LogP contribution in [0.25, 0.3) is 0 Å². The first-order valence-corrected chi connectivity index (χ1v) is 7.61. The Labute approximate surface area is 139 Å². The highest BCUT2D eigenvalue weighted by atomic mass is 79.9. The summed E-state index contributed by atoms with van der Waals surface area (Å²) in [6.07, 6.45) is 1.59. The van der Waals surface area contributed by atoms with E-state index in [1.807, 2.05) is 24.3 Å². The zero-order chi connectivity index (χ0) is 15.2. The van der Waals surface area contributed by atoms with Gasteiger partial charge in [-0.15, -0.1) is 0 Å². The fourth-order valence-corrected chi connectivity index (χ4v) is 2.39. The van der Waals surface area contributed by atoms with Gasteiger partial charge in [0.2, 0.25) is 0 Å². The number of rotatable bonds is 4. The summed E-state index contributed by atoms with van der Waals surface area (Å²) >= 11 is 6.70. The molecule has 0 unspecified atom stereocenters. The van der Waals surface area contributed by atoms with Crippen LogP contribution in [0.15, 0.2) is 56.5 Å². The Morgan fingerprint density at radius 2 is 1.90 bits per heavy atom. The maximum Gasteiger partial charge on any atom is 0.271 e. The number of hydrazone groups is 1. The molecule has 108 valence electrons. The lowest BCUT2D eigenvalue weighted by Crippen LogP contribution is -2.17. The van der Waals surface area contributed by atoms with Gasteiger partial charge in [-0.25, -0.2) is 5.43 Å². The normalized spacial score (nSPS) is 10.6. The minimum atomic E-state index is -0.285. The van der Waals surface area contributed by atoms with E-state index >= 15 is 0 Å². The predicted octanol–water partition coefficient (Wildman–Crippen LogP) is 3.98. The standard InChI is InChI=1S/C15H12Br2N2O2/c1-21-14-7-4-11(8-13(14)17)15(20)19-18-9-10-2-5-12(16)6-3-10/h2-9H,1H3,(H,19,20). The number of carbonyl (C=O) groups is 1. The summed E-state index contributed by atoms with van der Waals surface area (Å²) in [5.74, 6) is 0.386. The Morgan fingerprint density at radius 3 is 2.52 bits per heavy atom. The van der Waals surface area contributed by atoms with Crippen molar-refractivity contribution in [1.82, 2.24) is 5.43 Å². The molecule has 0 aliphatic rings. The van der Waals surface area contributed by atoms with Crippen LogP contribution in [0.5, 0.6) is 5.75 Å². The average Bonchev–Trinajstić information content (AvgIpc) is 2.49. The highest BCUT2D eigenvalue weighted by Gasteiger charge is 2.07. The van der Waals surface area contributed by atoms with Crippen molar-refractivity contribution >= 4 is 44.0 Å². The van der Waals surface area contributed by atoms with Gasteiger partial charge in [0.05, 0.1) is 17.8 Å². The third kappa shape index (κ3) is 4.41. The van der Waals surface area contributed by atoms with Crippen LogP contribution in [0.1, 0.15) is 15.9 Å². The molecular formula is C15H12Br2N2O2. The quantitative estimate of drug-likeness (QED) is 0.610. The van der Waals surface area contributed by atoms with E-state index in [2.05, 4.69) is 42.4 Å². The Balaban J connectivity index is 2.01.